The number of sulfonamides is 2. The van der Waals surface area contributed by atoms with E-state index in [-0.39, 0.29) is 46.3 Å². The highest BCUT2D eigenvalue weighted by atomic mass is 79.9. The fourth-order valence-corrected chi connectivity index (χ4v) is 9.99. The predicted octanol–water partition coefficient (Wildman–Crippen LogP) is 9.38. The topological polar surface area (TPSA) is 269 Å². The Balaban J connectivity index is 0.000000263. The summed E-state index contributed by atoms with van der Waals surface area (Å²) in [6.07, 6.45) is 8.12. The second kappa shape index (κ2) is 24.1. The Labute approximate surface area is 435 Å². The minimum Gasteiger partial charge on any atom is -0.444 e. The van der Waals surface area contributed by atoms with Gasteiger partial charge in [-0.25, -0.2) is 46.7 Å². The van der Waals surface area contributed by atoms with Crippen LogP contribution in [0.5, 0.6) is 0 Å². The number of aromatic nitrogens is 4. The van der Waals surface area contributed by atoms with Gasteiger partial charge in [0.25, 0.3) is 20.0 Å². The van der Waals surface area contributed by atoms with Gasteiger partial charge in [0, 0.05) is 51.5 Å². The van der Waals surface area contributed by atoms with Crippen LogP contribution < -0.4 is 21.3 Å². The molecule has 2 unspecified atom stereocenters. The van der Waals surface area contributed by atoms with Gasteiger partial charge in [0.15, 0.2) is 10.1 Å². The first-order chi connectivity index (χ1) is 32.6. The molecule has 2 amide bonds. The highest BCUT2D eigenvalue weighted by Crippen LogP contribution is 2.39. The molecule has 4 aromatic rings. The third kappa shape index (κ3) is 19.2. The molecular formula is C48H69Br2FN10O8S2. The normalized spacial score (nSPS) is 18.5. The molecule has 0 bridgehead atoms. The fraction of sp³-hybridized carbons (Fsp3) is 0.542. The lowest BCUT2D eigenvalue weighted by atomic mass is 9.91. The summed E-state index contributed by atoms with van der Waals surface area (Å²) >= 11 is 6.95. The van der Waals surface area contributed by atoms with Gasteiger partial charge in [-0.2, -0.15) is 4.39 Å². The highest BCUT2D eigenvalue weighted by Gasteiger charge is 2.44. The highest BCUT2D eigenvalue weighted by molar-refractivity contribution is 9.10. The maximum Gasteiger partial charge on any atom is 0.410 e. The molecule has 6 heterocycles. The first-order valence-electron chi connectivity index (χ1n) is 23.0. The molecule has 71 heavy (non-hydrogen) atoms. The van der Waals surface area contributed by atoms with Crippen molar-refractivity contribution >= 4 is 69.9 Å². The Hall–Kier alpha value is -4.39. The van der Waals surface area contributed by atoms with Crippen LogP contribution in [-0.4, -0.2) is 94.1 Å². The molecule has 0 spiro atoms. The first-order valence-corrected chi connectivity index (χ1v) is 27.7. The molecule has 23 heteroatoms. The molecule has 0 aliphatic carbocycles. The van der Waals surface area contributed by atoms with Crippen LogP contribution in [-0.2, 0) is 29.5 Å². The number of rotatable bonds is 12. The monoisotopic (exact) mass is 1150 g/mol. The molecule has 0 radical (unpaired) electrons. The van der Waals surface area contributed by atoms with Crippen molar-refractivity contribution in [1.82, 2.24) is 29.7 Å². The number of amides is 2. The first kappa shape index (κ1) is 59.2. The number of pyridine rings is 4. The summed E-state index contributed by atoms with van der Waals surface area (Å²) in [5.74, 6) is 0.236. The van der Waals surface area contributed by atoms with Gasteiger partial charge in [-0.1, -0.05) is 44.0 Å². The van der Waals surface area contributed by atoms with Crippen LogP contribution in [0.2, 0.25) is 0 Å². The van der Waals surface area contributed by atoms with Gasteiger partial charge in [0.1, 0.15) is 17.0 Å². The van der Waals surface area contributed by atoms with E-state index in [2.05, 4.69) is 89.9 Å². The van der Waals surface area contributed by atoms with Crippen molar-refractivity contribution in [1.29, 1.82) is 0 Å². The van der Waals surface area contributed by atoms with Crippen LogP contribution in [0.4, 0.5) is 19.8 Å². The van der Waals surface area contributed by atoms with Crippen LogP contribution in [0.1, 0.15) is 131 Å². The van der Waals surface area contributed by atoms with Crippen LogP contribution in [0.15, 0.2) is 92.1 Å². The molecule has 2 saturated heterocycles. The van der Waals surface area contributed by atoms with Crippen LogP contribution in [0, 0.1) is 17.8 Å². The van der Waals surface area contributed by atoms with Crippen LogP contribution in [0.25, 0.3) is 0 Å². The van der Waals surface area contributed by atoms with Gasteiger partial charge in [0.2, 0.25) is 5.95 Å². The Morgan fingerprint density at radius 1 is 0.732 bits per heavy atom. The third-order valence-corrected chi connectivity index (χ3v) is 14.0. The number of hydrogen-bond acceptors (Lipinski definition) is 14. The number of nitrogens with one attached hydrogen (secondary N) is 1. The maximum absolute atomic E-state index is 12.8. The number of anilines is 1. The molecular weight excluding hydrogens is 1090 g/mol. The molecule has 18 nitrogen and oxygen atoms in total. The van der Waals surface area contributed by atoms with Gasteiger partial charge in [0.05, 0.1) is 17.4 Å². The zero-order chi connectivity index (χ0) is 53.3. The molecule has 4 atom stereocenters. The molecule has 4 aromatic heterocycles. The molecule has 0 aromatic carbocycles. The molecule has 6 rings (SSSR count). The largest absolute Gasteiger partial charge is 0.444 e. The summed E-state index contributed by atoms with van der Waals surface area (Å²) in [6.45, 7) is 21.0. The Morgan fingerprint density at radius 2 is 1.17 bits per heavy atom. The van der Waals surface area contributed by atoms with Crippen molar-refractivity contribution in [3.05, 3.63) is 99.3 Å². The summed E-state index contributed by atoms with van der Waals surface area (Å²) in [6, 6.07) is 15.4. The smallest absolute Gasteiger partial charge is 0.410 e. The summed E-state index contributed by atoms with van der Waals surface area (Å²) in [5.41, 5.74) is 6.47. The van der Waals surface area contributed by atoms with Crippen molar-refractivity contribution in [3.8, 4) is 0 Å². The van der Waals surface area contributed by atoms with E-state index in [9.17, 15) is 30.8 Å². The second-order valence-corrected chi connectivity index (χ2v) is 25.8. The summed E-state index contributed by atoms with van der Waals surface area (Å²) < 4.78 is 69.9. The van der Waals surface area contributed by atoms with E-state index in [0.717, 1.165) is 71.1 Å². The third-order valence-electron chi connectivity index (χ3n) is 11.4. The number of primary sulfonamides is 2. The Kier molecular flexibility index (Phi) is 20.1. The molecule has 392 valence electrons. The van der Waals surface area contributed by atoms with Gasteiger partial charge in [-0.05, 0) is 168 Å². The summed E-state index contributed by atoms with van der Waals surface area (Å²) in [7, 11) is -7.80. The average molecular weight is 1160 g/mol. The number of carbonyl (C=O) groups excluding carboxylic acids is 2. The number of nitrogens with zero attached hydrogens (tertiary/aromatic N) is 6. The van der Waals surface area contributed by atoms with E-state index in [1.54, 1.807) is 24.5 Å². The van der Waals surface area contributed by atoms with E-state index in [0.29, 0.717) is 24.7 Å². The van der Waals surface area contributed by atoms with Gasteiger partial charge >= 0.3 is 12.2 Å². The fourth-order valence-electron chi connectivity index (χ4n) is 8.31. The molecule has 7 N–H and O–H groups in total. The maximum atomic E-state index is 12.8. The van der Waals surface area contributed by atoms with E-state index < -0.39 is 42.2 Å². The van der Waals surface area contributed by atoms with E-state index in [4.69, 9.17) is 20.3 Å². The van der Waals surface area contributed by atoms with Crippen LogP contribution >= 0.6 is 31.9 Å². The Morgan fingerprint density at radius 3 is 1.61 bits per heavy atom. The molecule has 2 aliphatic heterocycles. The average Bonchev–Trinajstić information content (AvgIpc) is 3.73. The number of carbonyl (C=O) groups is 2. The van der Waals surface area contributed by atoms with Crippen LogP contribution in [0.3, 0.4) is 0 Å². The van der Waals surface area contributed by atoms with Crippen molar-refractivity contribution in [3.63, 3.8) is 0 Å². The van der Waals surface area contributed by atoms with E-state index in [1.165, 1.54) is 12.1 Å². The molecule has 2 fully saturated rings. The summed E-state index contributed by atoms with van der Waals surface area (Å²) in [4.78, 5) is 45.1. The van der Waals surface area contributed by atoms with Gasteiger partial charge in [-0.3, -0.25) is 9.97 Å². The summed E-state index contributed by atoms with van der Waals surface area (Å²) in [5, 5.41) is 12.6. The lowest BCUT2D eigenvalue weighted by Crippen LogP contribution is -2.45. The minimum absolute atomic E-state index is 0.0869. The molecule has 0 saturated carbocycles. The number of halogens is 3. The van der Waals surface area contributed by atoms with Gasteiger partial charge < -0.3 is 30.3 Å². The zero-order valence-corrected chi connectivity index (χ0v) is 46.8. The minimum atomic E-state index is -3.92. The van der Waals surface area contributed by atoms with Crippen molar-refractivity contribution in [2.45, 2.75) is 152 Å². The Bertz CT molecular complexity index is 2690. The second-order valence-electron chi connectivity index (χ2n) is 21.0. The van der Waals surface area contributed by atoms with Crippen molar-refractivity contribution in [2.24, 2.45) is 27.8 Å². The number of hydrogen-bond donors (Lipinski definition) is 4. The lowest BCUT2D eigenvalue weighted by Gasteiger charge is -2.33. The van der Waals surface area contributed by atoms with Crippen molar-refractivity contribution < 1.29 is 40.3 Å². The predicted molar refractivity (Wildman–Crippen MR) is 277 cm³/mol. The standard InChI is InChI=1S/C24H34BrN5O4S.C19H30BrN3O2.C5H5FN2O2S/c1-23(2,3)34-22(31)30-15-16(14-24(30,4)5)9-10-18(19-13-17(25)11-12-27-19)28-20-7-6-8-21(29-20)35(26,32)33;1-18(2,3)25-17(24)23-12-13(11-19(23,4)5)6-7-15(21)16-10-14(20)8-9-22-16;6-4-2-1-3-5(8-4)11(7,9)10/h6-8,11-13,16,18H,9-10,14-15H2,1-5H3,(H,28,29)(H2,26,32,33);8-10,13,15H,6-7,11-12,21H2,1-5H3;1-3H,(H2,7,9,10)/t16-,18?;13-,15?;/m00./s1. The number of ether oxygens (including phenoxy) is 2. The van der Waals surface area contributed by atoms with Crippen molar-refractivity contribution in [2.75, 3.05) is 18.4 Å². The number of likely N-dealkylation sites (tertiary alicyclic amines) is 2. The SMILES string of the molecule is CC(C)(C)OC(=O)N1C[C@@H](CCC(N)c2cc(Br)ccn2)CC1(C)C.CC(C)(C)OC(=O)N1C[C@@H](CCC(Nc2cccc(S(N)(=O)=O)n2)c2cc(Br)ccn2)CC1(C)C.NS(=O)(=O)c1cccc(F)n1. The van der Waals surface area contributed by atoms with Gasteiger partial charge in [-0.15, -0.1) is 0 Å². The quantitative estimate of drug-likeness (QED) is 0.0963. The lowest BCUT2D eigenvalue weighted by molar-refractivity contribution is 0.0118. The van der Waals surface area contributed by atoms with E-state index in [1.807, 2.05) is 75.6 Å². The number of nitrogens with two attached hydrogens (primary N) is 3. The van der Waals surface area contributed by atoms with E-state index >= 15 is 0 Å². The zero-order valence-electron chi connectivity index (χ0n) is 42.0. The molecule has 2 aliphatic rings.